The lowest BCUT2D eigenvalue weighted by molar-refractivity contribution is 0.592. The molecular weight excluding hydrogens is 308 g/mol. The zero-order valence-electron chi connectivity index (χ0n) is 13.3. The molecule has 0 saturated carbocycles. The molecule has 0 fully saturated rings. The van der Waals surface area contributed by atoms with E-state index in [1.807, 2.05) is 30.3 Å². The topological polar surface area (TPSA) is 58.5 Å². The number of unbranched alkanes of at least 4 members (excludes halogenated alkanes) is 2. The number of nitrogens with one attached hydrogen (secondary N) is 1. The summed E-state index contributed by atoms with van der Waals surface area (Å²) in [5.41, 5.74) is 0.767. The number of aliphatic imine (C=N–C) groups is 1. The fourth-order valence-corrected chi connectivity index (χ4v) is 3.19. The summed E-state index contributed by atoms with van der Waals surface area (Å²) in [5, 5.41) is 0. The highest BCUT2D eigenvalue weighted by molar-refractivity contribution is 7.90. The van der Waals surface area contributed by atoms with Gasteiger partial charge in [0.05, 0.1) is 4.90 Å². The first-order chi connectivity index (χ1) is 11.1. The summed E-state index contributed by atoms with van der Waals surface area (Å²) in [6.07, 6.45) is 3.13. The van der Waals surface area contributed by atoms with E-state index in [0.29, 0.717) is 12.4 Å². The third kappa shape index (κ3) is 5.21. The molecule has 0 unspecified atom stereocenters. The van der Waals surface area contributed by atoms with Crippen LogP contribution in [0.1, 0.15) is 31.7 Å². The normalized spacial score (nSPS) is 12.1. The van der Waals surface area contributed by atoms with Gasteiger partial charge in [-0.05, 0) is 18.6 Å². The number of amidine groups is 1. The standard InChI is InChI=1S/C18H22N2O2S/c1-2-3-10-15-19-18(16-11-6-4-7-12-16)20-23(21,22)17-13-8-5-9-14-17/h4-9,11-14H,2-3,10,15H2,1H3,(H,19,20). The van der Waals surface area contributed by atoms with E-state index < -0.39 is 10.0 Å². The predicted octanol–water partition coefficient (Wildman–Crippen LogP) is 3.60. The third-order valence-corrected chi connectivity index (χ3v) is 4.72. The van der Waals surface area contributed by atoms with Crippen molar-refractivity contribution in [2.75, 3.05) is 6.54 Å². The van der Waals surface area contributed by atoms with Gasteiger partial charge in [0, 0.05) is 12.1 Å². The average molecular weight is 330 g/mol. The van der Waals surface area contributed by atoms with E-state index in [-0.39, 0.29) is 4.90 Å². The van der Waals surface area contributed by atoms with Gasteiger partial charge in [-0.1, -0.05) is 68.3 Å². The van der Waals surface area contributed by atoms with E-state index in [9.17, 15) is 8.42 Å². The summed E-state index contributed by atoms with van der Waals surface area (Å²) in [7, 11) is -3.63. The largest absolute Gasteiger partial charge is 0.267 e. The highest BCUT2D eigenvalue weighted by Crippen LogP contribution is 2.10. The molecule has 122 valence electrons. The lowest BCUT2D eigenvalue weighted by Gasteiger charge is -2.11. The zero-order valence-corrected chi connectivity index (χ0v) is 14.1. The summed E-state index contributed by atoms with van der Waals surface area (Å²) >= 11 is 0. The fourth-order valence-electron chi connectivity index (χ4n) is 2.12. The quantitative estimate of drug-likeness (QED) is 0.479. The van der Waals surface area contributed by atoms with Crippen molar-refractivity contribution in [3.8, 4) is 0 Å². The van der Waals surface area contributed by atoms with Crippen molar-refractivity contribution in [2.24, 2.45) is 4.99 Å². The van der Waals surface area contributed by atoms with Gasteiger partial charge in [0.1, 0.15) is 5.84 Å². The van der Waals surface area contributed by atoms with Crippen molar-refractivity contribution in [3.63, 3.8) is 0 Å². The van der Waals surface area contributed by atoms with E-state index >= 15 is 0 Å². The van der Waals surface area contributed by atoms with Crippen LogP contribution in [-0.4, -0.2) is 20.8 Å². The molecule has 0 saturated heterocycles. The molecule has 0 heterocycles. The van der Waals surface area contributed by atoms with Crippen molar-refractivity contribution in [2.45, 2.75) is 31.1 Å². The lowest BCUT2D eigenvalue weighted by atomic mass is 10.2. The van der Waals surface area contributed by atoms with Crippen LogP contribution in [0.5, 0.6) is 0 Å². The summed E-state index contributed by atoms with van der Waals surface area (Å²) in [5.74, 6) is 0.394. The van der Waals surface area contributed by atoms with E-state index in [4.69, 9.17) is 0 Å². The molecule has 4 nitrogen and oxygen atoms in total. The van der Waals surface area contributed by atoms with Gasteiger partial charge in [0.25, 0.3) is 10.0 Å². The minimum absolute atomic E-state index is 0.234. The maximum absolute atomic E-state index is 12.5. The molecule has 1 N–H and O–H groups in total. The Morgan fingerprint density at radius 1 is 0.957 bits per heavy atom. The predicted molar refractivity (Wildman–Crippen MR) is 94.1 cm³/mol. The second-order valence-electron chi connectivity index (χ2n) is 5.22. The Bertz CT molecular complexity index is 726. The van der Waals surface area contributed by atoms with Gasteiger partial charge in [-0.15, -0.1) is 0 Å². The van der Waals surface area contributed by atoms with E-state index in [0.717, 1.165) is 24.8 Å². The van der Waals surface area contributed by atoms with E-state index in [1.54, 1.807) is 30.3 Å². The van der Waals surface area contributed by atoms with Crippen molar-refractivity contribution in [1.82, 2.24) is 4.72 Å². The van der Waals surface area contributed by atoms with Crippen molar-refractivity contribution < 1.29 is 8.42 Å². The second-order valence-corrected chi connectivity index (χ2v) is 6.90. The van der Waals surface area contributed by atoms with Gasteiger partial charge in [0.2, 0.25) is 0 Å². The third-order valence-electron chi connectivity index (χ3n) is 3.36. The van der Waals surface area contributed by atoms with Gasteiger partial charge in [-0.25, -0.2) is 8.42 Å². The molecule has 2 aromatic carbocycles. The highest BCUT2D eigenvalue weighted by Gasteiger charge is 2.16. The van der Waals surface area contributed by atoms with Gasteiger partial charge in [-0.2, -0.15) is 0 Å². The molecule has 5 heteroatoms. The number of hydrogen-bond donors (Lipinski definition) is 1. The number of sulfonamides is 1. The first kappa shape index (κ1) is 17.2. The Morgan fingerprint density at radius 2 is 1.57 bits per heavy atom. The molecule has 23 heavy (non-hydrogen) atoms. The lowest BCUT2D eigenvalue weighted by Crippen LogP contribution is -2.31. The zero-order chi connectivity index (χ0) is 16.5. The van der Waals surface area contributed by atoms with Gasteiger partial charge in [0.15, 0.2) is 0 Å². The molecule has 0 amide bonds. The Balaban J connectivity index is 2.24. The monoisotopic (exact) mass is 330 g/mol. The van der Waals surface area contributed by atoms with Crippen LogP contribution in [0.15, 0.2) is 70.6 Å². The smallest absolute Gasteiger partial charge is 0.263 e. The summed E-state index contributed by atoms with van der Waals surface area (Å²) in [4.78, 5) is 4.70. The minimum Gasteiger partial charge on any atom is -0.267 e. The molecule has 0 aromatic heterocycles. The molecular formula is C18H22N2O2S. The van der Waals surface area contributed by atoms with Crippen LogP contribution < -0.4 is 4.72 Å². The maximum atomic E-state index is 12.5. The number of nitrogens with zero attached hydrogens (tertiary/aromatic N) is 1. The molecule has 0 bridgehead atoms. The Kier molecular flexibility index (Phi) is 6.35. The number of benzene rings is 2. The van der Waals surface area contributed by atoms with Crippen molar-refractivity contribution in [1.29, 1.82) is 0 Å². The van der Waals surface area contributed by atoms with Gasteiger partial charge in [-0.3, -0.25) is 9.71 Å². The molecule has 0 aliphatic heterocycles. The van der Waals surface area contributed by atoms with Crippen LogP contribution >= 0.6 is 0 Å². The number of rotatable bonds is 7. The Hall–Kier alpha value is -2.14. The van der Waals surface area contributed by atoms with Crippen LogP contribution in [0, 0.1) is 0 Å². The molecule has 2 rings (SSSR count). The second kappa shape index (κ2) is 8.48. The van der Waals surface area contributed by atoms with Gasteiger partial charge >= 0.3 is 0 Å². The molecule has 0 radical (unpaired) electrons. The average Bonchev–Trinajstić information content (AvgIpc) is 2.59. The van der Waals surface area contributed by atoms with Crippen LogP contribution in [0.3, 0.4) is 0 Å². The Labute approximate surface area is 138 Å². The number of hydrogen-bond acceptors (Lipinski definition) is 3. The van der Waals surface area contributed by atoms with Crippen LogP contribution in [0.4, 0.5) is 0 Å². The Morgan fingerprint density at radius 3 is 2.17 bits per heavy atom. The summed E-state index contributed by atoms with van der Waals surface area (Å²) < 4.78 is 27.7. The molecule has 0 atom stereocenters. The molecule has 0 spiro atoms. The van der Waals surface area contributed by atoms with Crippen molar-refractivity contribution in [3.05, 3.63) is 66.2 Å². The van der Waals surface area contributed by atoms with Crippen LogP contribution in [0.2, 0.25) is 0 Å². The molecule has 0 aliphatic carbocycles. The SMILES string of the molecule is CCCCCN=C(NS(=O)(=O)c1ccccc1)c1ccccc1. The molecule has 2 aromatic rings. The van der Waals surface area contributed by atoms with Crippen LogP contribution in [-0.2, 0) is 10.0 Å². The van der Waals surface area contributed by atoms with E-state index in [2.05, 4.69) is 16.6 Å². The summed E-state index contributed by atoms with van der Waals surface area (Å²) in [6, 6.07) is 17.7. The first-order valence-corrected chi connectivity index (χ1v) is 9.29. The first-order valence-electron chi connectivity index (χ1n) is 7.81. The van der Waals surface area contributed by atoms with E-state index in [1.165, 1.54) is 0 Å². The van der Waals surface area contributed by atoms with Crippen LogP contribution in [0.25, 0.3) is 0 Å². The molecule has 0 aliphatic rings. The van der Waals surface area contributed by atoms with Crippen molar-refractivity contribution >= 4 is 15.9 Å². The summed E-state index contributed by atoms with van der Waals surface area (Å²) in [6.45, 7) is 2.73. The highest BCUT2D eigenvalue weighted by atomic mass is 32.2. The minimum atomic E-state index is -3.63. The maximum Gasteiger partial charge on any atom is 0.263 e. The van der Waals surface area contributed by atoms with Gasteiger partial charge < -0.3 is 0 Å². The fraction of sp³-hybridized carbons (Fsp3) is 0.278.